The van der Waals surface area contributed by atoms with Gasteiger partial charge in [0.05, 0.1) is 11.5 Å². The third-order valence-corrected chi connectivity index (χ3v) is 4.38. The molecule has 0 aliphatic heterocycles. The molecule has 0 atom stereocenters. The van der Waals surface area contributed by atoms with Crippen molar-refractivity contribution in [2.75, 3.05) is 33.9 Å². The second-order valence-corrected chi connectivity index (χ2v) is 6.02. The Balaban J connectivity index is 2.78. The normalized spacial score (nSPS) is 11.6. The molecule has 0 amide bonds. The highest BCUT2D eigenvalue weighted by atomic mass is 32.2. The highest BCUT2D eigenvalue weighted by Crippen LogP contribution is 2.18. The second kappa shape index (κ2) is 7.22. The van der Waals surface area contributed by atoms with Crippen LogP contribution in [0, 0.1) is 0 Å². The molecule has 1 rings (SSSR count). The maximum atomic E-state index is 12.2. The molecule has 0 unspecified atom stereocenters. The van der Waals surface area contributed by atoms with Crippen LogP contribution in [0.2, 0.25) is 0 Å². The fourth-order valence-corrected chi connectivity index (χ4v) is 2.53. The molecular formula is C12H17NO6S. The quantitative estimate of drug-likeness (QED) is 0.748. The topological polar surface area (TPSA) is 93.1 Å². The van der Waals surface area contributed by atoms with Gasteiger partial charge < -0.3 is 14.6 Å². The van der Waals surface area contributed by atoms with Crippen molar-refractivity contribution in [3.8, 4) is 5.75 Å². The van der Waals surface area contributed by atoms with Gasteiger partial charge in [0, 0.05) is 20.7 Å². The highest BCUT2D eigenvalue weighted by molar-refractivity contribution is 7.89. The Morgan fingerprint density at radius 3 is 2.40 bits per heavy atom. The van der Waals surface area contributed by atoms with E-state index in [0.29, 0.717) is 12.4 Å². The molecule has 0 saturated carbocycles. The Labute approximate surface area is 117 Å². The number of carboxylic acid groups (broad SMARTS) is 1. The van der Waals surface area contributed by atoms with Crippen LogP contribution in [0.25, 0.3) is 0 Å². The Kier molecular flexibility index (Phi) is 5.93. The molecular weight excluding hydrogens is 286 g/mol. The first-order chi connectivity index (χ1) is 9.37. The van der Waals surface area contributed by atoms with Crippen molar-refractivity contribution in [1.29, 1.82) is 0 Å². The Morgan fingerprint density at radius 1 is 1.30 bits per heavy atom. The third kappa shape index (κ3) is 4.48. The zero-order valence-electron chi connectivity index (χ0n) is 11.3. The number of carbonyl (C=O) groups is 1. The molecule has 0 aromatic heterocycles. The van der Waals surface area contributed by atoms with E-state index in [1.165, 1.54) is 42.7 Å². The Morgan fingerprint density at radius 2 is 1.90 bits per heavy atom. The molecule has 0 fully saturated rings. The summed E-state index contributed by atoms with van der Waals surface area (Å²) in [7, 11) is -0.621. The SMILES string of the molecule is COCCN(C)S(=O)(=O)c1ccc(OCC(=O)O)cc1. The molecule has 0 saturated heterocycles. The lowest BCUT2D eigenvalue weighted by Crippen LogP contribution is -2.30. The molecule has 0 heterocycles. The van der Waals surface area contributed by atoms with E-state index in [0.717, 1.165) is 0 Å². The van der Waals surface area contributed by atoms with Gasteiger partial charge >= 0.3 is 5.97 Å². The van der Waals surface area contributed by atoms with Crippen LogP contribution < -0.4 is 4.74 Å². The third-order valence-electron chi connectivity index (χ3n) is 2.50. The van der Waals surface area contributed by atoms with Gasteiger partial charge in [0.15, 0.2) is 6.61 Å². The molecule has 8 heteroatoms. The number of ether oxygens (including phenoxy) is 2. The number of carboxylic acids is 1. The molecule has 112 valence electrons. The zero-order chi connectivity index (χ0) is 15.2. The number of nitrogens with zero attached hydrogens (tertiary/aromatic N) is 1. The zero-order valence-corrected chi connectivity index (χ0v) is 12.1. The number of benzene rings is 1. The second-order valence-electron chi connectivity index (χ2n) is 3.97. The lowest BCUT2D eigenvalue weighted by Gasteiger charge is -2.16. The van der Waals surface area contributed by atoms with Crippen LogP contribution in [0.1, 0.15) is 0 Å². The molecule has 1 aromatic rings. The summed E-state index contributed by atoms with van der Waals surface area (Å²) < 4.78 is 35.3. The predicted molar refractivity (Wildman–Crippen MR) is 71.3 cm³/mol. The van der Waals surface area contributed by atoms with Gasteiger partial charge in [0.2, 0.25) is 10.0 Å². The van der Waals surface area contributed by atoms with Gasteiger partial charge in [-0.2, -0.15) is 4.31 Å². The summed E-state index contributed by atoms with van der Waals surface area (Å²) >= 11 is 0. The maximum absolute atomic E-state index is 12.2. The number of likely N-dealkylation sites (N-methyl/N-ethyl adjacent to an activating group) is 1. The molecule has 0 bridgehead atoms. The van der Waals surface area contributed by atoms with Gasteiger partial charge in [-0.3, -0.25) is 0 Å². The van der Waals surface area contributed by atoms with Crippen LogP contribution in [0.4, 0.5) is 0 Å². The van der Waals surface area contributed by atoms with Crippen molar-refractivity contribution < 1.29 is 27.8 Å². The highest BCUT2D eigenvalue weighted by Gasteiger charge is 2.20. The number of methoxy groups -OCH3 is 1. The average molecular weight is 303 g/mol. The first kappa shape index (κ1) is 16.4. The van der Waals surface area contributed by atoms with E-state index in [2.05, 4.69) is 0 Å². The summed E-state index contributed by atoms with van der Waals surface area (Å²) in [5, 5.41) is 8.47. The van der Waals surface area contributed by atoms with E-state index >= 15 is 0 Å². The molecule has 0 aliphatic rings. The van der Waals surface area contributed by atoms with Crippen LogP contribution in [0.5, 0.6) is 5.75 Å². The lowest BCUT2D eigenvalue weighted by molar-refractivity contribution is -0.139. The van der Waals surface area contributed by atoms with Crippen LogP contribution in [0.15, 0.2) is 29.2 Å². The van der Waals surface area contributed by atoms with Crippen molar-refractivity contribution in [1.82, 2.24) is 4.31 Å². The number of hydrogen-bond acceptors (Lipinski definition) is 5. The van der Waals surface area contributed by atoms with Crippen LogP contribution in [-0.2, 0) is 19.6 Å². The van der Waals surface area contributed by atoms with E-state index in [-0.39, 0.29) is 11.4 Å². The molecule has 20 heavy (non-hydrogen) atoms. The standard InChI is InChI=1S/C12H17NO6S/c1-13(7-8-18-2)20(16,17)11-5-3-10(4-6-11)19-9-12(14)15/h3-6H,7-9H2,1-2H3,(H,14,15). The monoisotopic (exact) mass is 303 g/mol. The summed E-state index contributed by atoms with van der Waals surface area (Å²) in [5.41, 5.74) is 0. The minimum absolute atomic E-state index is 0.110. The number of hydrogen-bond donors (Lipinski definition) is 1. The Hall–Kier alpha value is -1.64. The smallest absolute Gasteiger partial charge is 0.341 e. The minimum Gasteiger partial charge on any atom is -0.482 e. The van der Waals surface area contributed by atoms with Gasteiger partial charge in [0.25, 0.3) is 0 Å². The molecule has 0 spiro atoms. The van der Waals surface area contributed by atoms with Crippen molar-refractivity contribution in [3.05, 3.63) is 24.3 Å². The molecule has 0 aliphatic carbocycles. The van der Waals surface area contributed by atoms with Crippen molar-refractivity contribution in [3.63, 3.8) is 0 Å². The molecule has 0 radical (unpaired) electrons. The van der Waals surface area contributed by atoms with Gasteiger partial charge in [-0.05, 0) is 24.3 Å². The van der Waals surface area contributed by atoms with E-state index in [1.807, 2.05) is 0 Å². The molecule has 1 N–H and O–H groups in total. The molecule has 7 nitrogen and oxygen atoms in total. The summed E-state index contributed by atoms with van der Waals surface area (Å²) in [6, 6.07) is 5.58. The largest absolute Gasteiger partial charge is 0.482 e. The van der Waals surface area contributed by atoms with Gasteiger partial charge in [0.1, 0.15) is 5.75 Å². The summed E-state index contributed by atoms with van der Waals surface area (Å²) in [6.07, 6.45) is 0. The van der Waals surface area contributed by atoms with E-state index < -0.39 is 22.6 Å². The van der Waals surface area contributed by atoms with E-state index in [4.69, 9.17) is 14.6 Å². The van der Waals surface area contributed by atoms with Crippen molar-refractivity contribution in [2.24, 2.45) is 0 Å². The average Bonchev–Trinajstić information content (AvgIpc) is 2.42. The number of rotatable bonds is 8. The number of sulfonamides is 1. The summed E-state index contributed by atoms with van der Waals surface area (Å²) in [5.74, 6) is -0.799. The van der Waals surface area contributed by atoms with Gasteiger partial charge in [-0.1, -0.05) is 0 Å². The van der Waals surface area contributed by atoms with Crippen LogP contribution in [0.3, 0.4) is 0 Å². The Bertz CT molecular complexity index is 540. The predicted octanol–water partition coefficient (Wildman–Crippen LogP) is 0.417. The number of aliphatic carboxylic acids is 1. The maximum Gasteiger partial charge on any atom is 0.341 e. The fraction of sp³-hybridized carbons (Fsp3) is 0.417. The van der Waals surface area contributed by atoms with E-state index in [9.17, 15) is 13.2 Å². The lowest BCUT2D eigenvalue weighted by atomic mass is 10.3. The fourth-order valence-electron chi connectivity index (χ4n) is 1.37. The van der Waals surface area contributed by atoms with Gasteiger partial charge in [-0.15, -0.1) is 0 Å². The van der Waals surface area contributed by atoms with Gasteiger partial charge in [-0.25, -0.2) is 13.2 Å². The first-order valence-corrected chi connectivity index (χ1v) is 7.22. The van der Waals surface area contributed by atoms with E-state index in [1.54, 1.807) is 0 Å². The minimum atomic E-state index is -3.58. The summed E-state index contributed by atoms with van der Waals surface area (Å²) in [6.45, 7) is 0.0749. The van der Waals surface area contributed by atoms with Crippen LogP contribution in [-0.4, -0.2) is 57.7 Å². The summed E-state index contributed by atoms with van der Waals surface area (Å²) in [4.78, 5) is 10.5. The van der Waals surface area contributed by atoms with Crippen LogP contribution >= 0.6 is 0 Å². The van der Waals surface area contributed by atoms with Crippen molar-refractivity contribution >= 4 is 16.0 Å². The van der Waals surface area contributed by atoms with Crippen molar-refractivity contribution in [2.45, 2.75) is 4.90 Å². The molecule has 1 aromatic carbocycles. The first-order valence-electron chi connectivity index (χ1n) is 5.78.